The van der Waals surface area contributed by atoms with Gasteiger partial charge in [0.2, 0.25) is 0 Å². The molecule has 2 unspecified atom stereocenters. The Balaban J connectivity index is 1.87. The minimum absolute atomic E-state index is 0.0458. The zero-order valence-electron chi connectivity index (χ0n) is 21.9. The van der Waals surface area contributed by atoms with Gasteiger partial charge in [-0.2, -0.15) is 0 Å². The Morgan fingerprint density at radius 1 is 1.18 bits per heavy atom. The summed E-state index contributed by atoms with van der Waals surface area (Å²) in [5.41, 5.74) is -2.29. The molecule has 5 atom stereocenters. The van der Waals surface area contributed by atoms with Crippen molar-refractivity contribution in [2.45, 2.75) is 55.0 Å². The second-order valence-electron chi connectivity index (χ2n) is 9.77. The van der Waals surface area contributed by atoms with E-state index in [1.54, 1.807) is 13.8 Å². The average molecular weight is 607 g/mol. The molecule has 1 aliphatic carbocycles. The van der Waals surface area contributed by atoms with Crippen molar-refractivity contribution in [1.29, 1.82) is 0 Å². The van der Waals surface area contributed by atoms with Crippen molar-refractivity contribution in [1.82, 2.24) is 5.32 Å². The predicted molar refractivity (Wildman–Crippen MR) is 140 cm³/mol. The van der Waals surface area contributed by atoms with Gasteiger partial charge in [-0.25, -0.2) is 26.4 Å². The van der Waals surface area contributed by atoms with Gasteiger partial charge in [0.25, 0.3) is 5.91 Å². The molecule has 1 fully saturated rings. The third kappa shape index (κ3) is 6.22. The molecule has 0 aliphatic heterocycles. The summed E-state index contributed by atoms with van der Waals surface area (Å²) in [6.45, 7) is 3.02. The lowest BCUT2D eigenvalue weighted by Crippen LogP contribution is -2.61. The standard InChI is InChI=1S/C26H30ClF3N2O7S/c1-4-15-9-17(7-13(2)26(15,36)22(33)12-31-25(35)39-3)40(37,38)21-8-14(5-6-18(21)27)24(34)32-16-10-19(28)23(30)20(29)11-16/h5-6,8,10-11,13,15,17,22,33,36H,4,7,9,12H2,1-3H3,(H,31,35)(H,32,34)/t13-,15?,17-,22?,26-/m0/s1. The van der Waals surface area contributed by atoms with Crippen LogP contribution in [0.5, 0.6) is 0 Å². The number of carbonyl (C=O) groups is 2. The summed E-state index contributed by atoms with van der Waals surface area (Å²) < 4.78 is 72.3. The molecule has 0 radical (unpaired) electrons. The van der Waals surface area contributed by atoms with Crippen LogP contribution in [0.25, 0.3) is 0 Å². The average Bonchev–Trinajstić information content (AvgIpc) is 2.91. The van der Waals surface area contributed by atoms with E-state index in [1.807, 2.05) is 0 Å². The number of hydrogen-bond donors (Lipinski definition) is 4. The number of aliphatic hydroxyl groups is 2. The zero-order chi connectivity index (χ0) is 30.0. The van der Waals surface area contributed by atoms with Gasteiger partial charge >= 0.3 is 6.09 Å². The first kappa shape index (κ1) is 31.7. The van der Waals surface area contributed by atoms with Gasteiger partial charge in [0.05, 0.1) is 27.9 Å². The molecule has 0 bridgehead atoms. The highest BCUT2D eigenvalue weighted by Crippen LogP contribution is 2.46. The second kappa shape index (κ2) is 12.3. The third-order valence-corrected chi connectivity index (χ3v) is 10.1. The fourth-order valence-corrected chi connectivity index (χ4v) is 7.68. The summed E-state index contributed by atoms with van der Waals surface area (Å²) >= 11 is 6.23. The van der Waals surface area contributed by atoms with E-state index in [9.17, 15) is 41.4 Å². The van der Waals surface area contributed by atoms with Crippen LogP contribution >= 0.6 is 11.6 Å². The number of sulfone groups is 1. The predicted octanol–water partition coefficient (Wildman–Crippen LogP) is 4.06. The van der Waals surface area contributed by atoms with Gasteiger partial charge in [0.15, 0.2) is 27.3 Å². The Bertz CT molecular complexity index is 1370. The van der Waals surface area contributed by atoms with Crippen molar-refractivity contribution in [3.8, 4) is 0 Å². The van der Waals surface area contributed by atoms with Gasteiger partial charge in [-0.1, -0.05) is 31.9 Å². The SMILES string of the molecule is CCC1C[C@@H](S(=O)(=O)c2cc(C(=O)Nc3cc(F)c(F)c(F)c3)ccc2Cl)C[C@H](C)[C@@]1(O)C(O)CNC(=O)OC. The Morgan fingerprint density at radius 3 is 2.38 bits per heavy atom. The fourth-order valence-electron chi connectivity index (χ4n) is 5.22. The first-order valence-corrected chi connectivity index (χ1v) is 14.3. The molecule has 2 amide bonds. The lowest BCUT2D eigenvalue weighted by molar-refractivity contribution is -0.161. The second-order valence-corrected chi connectivity index (χ2v) is 12.4. The summed E-state index contributed by atoms with van der Waals surface area (Å²) in [5, 5.41) is 25.6. The lowest BCUT2D eigenvalue weighted by atomic mass is 9.65. The summed E-state index contributed by atoms with van der Waals surface area (Å²) in [5.74, 6) is -7.06. The smallest absolute Gasteiger partial charge is 0.406 e. The Kier molecular flexibility index (Phi) is 9.76. The summed E-state index contributed by atoms with van der Waals surface area (Å²) in [4.78, 5) is 23.8. The summed E-state index contributed by atoms with van der Waals surface area (Å²) in [6.07, 6.45) is -2.01. The monoisotopic (exact) mass is 606 g/mol. The molecule has 0 spiro atoms. The maximum absolute atomic E-state index is 13.7. The van der Waals surface area contributed by atoms with Crippen LogP contribution in [0, 0.1) is 29.3 Å². The highest BCUT2D eigenvalue weighted by atomic mass is 35.5. The number of ether oxygens (including phenoxy) is 1. The number of carbonyl (C=O) groups excluding carboxylic acids is 2. The van der Waals surface area contributed by atoms with Crippen LogP contribution in [0.3, 0.4) is 0 Å². The molecule has 1 saturated carbocycles. The topological polar surface area (TPSA) is 142 Å². The van der Waals surface area contributed by atoms with E-state index in [-0.39, 0.29) is 40.6 Å². The molecule has 9 nitrogen and oxygen atoms in total. The molecule has 4 N–H and O–H groups in total. The minimum Gasteiger partial charge on any atom is -0.453 e. The molecular formula is C26H30ClF3N2O7S. The number of hydrogen-bond acceptors (Lipinski definition) is 7. The molecule has 0 heterocycles. The van der Waals surface area contributed by atoms with Crippen molar-refractivity contribution in [3.05, 3.63) is 58.4 Å². The molecule has 2 aromatic carbocycles. The molecule has 0 saturated heterocycles. The number of rotatable bonds is 8. The maximum Gasteiger partial charge on any atom is 0.406 e. The fraction of sp³-hybridized carbons (Fsp3) is 0.462. The number of alkyl carbamates (subject to hydrolysis) is 1. The Morgan fingerprint density at radius 2 is 1.80 bits per heavy atom. The van der Waals surface area contributed by atoms with Crippen LogP contribution in [0.4, 0.5) is 23.7 Å². The van der Waals surface area contributed by atoms with Crippen LogP contribution in [0.1, 0.15) is 43.5 Å². The number of benzene rings is 2. The lowest BCUT2D eigenvalue weighted by Gasteiger charge is -2.49. The normalized spacial score (nSPS) is 23.8. The largest absolute Gasteiger partial charge is 0.453 e. The van der Waals surface area contributed by atoms with Gasteiger partial charge in [0.1, 0.15) is 6.10 Å². The molecule has 220 valence electrons. The van der Waals surface area contributed by atoms with Gasteiger partial charge in [-0.3, -0.25) is 4.79 Å². The molecule has 2 aromatic rings. The van der Waals surface area contributed by atoms with E-state index in [0.717, 1.165) is 13.2 Å². The van der Waals surface area contributed by atoms with Crippen LogP contribution in [-0.2, 0) is 14.6 Å². The van der Waals surface area contributed by atoms with Crippen LogP contribution in [0.15, 0.2) is 35.2 Å². The third-order valence-electron chi connectivity index (χ3n) is 7.44. The van der Waals surface area contributed by atoms with E-state index in [1.165, 1.54) is 12.1 Å². The van der Waals surface area contributed by atoms with Crippen molar-refractivity contribution >= 4 is 39.1 Å². The van der Waals surface area contributed by atoms with Crippen LogP contribution in [0.2, 0.25) is 5.02 Å². The van der Waals surface area contributed by atoms with Crippen LogP contribution < -0.4 is 10.6 Å². The number of aliphatic hydroxyl groups excluding tert-OH is 1. The minimum atomic E-state index is -4.19. The van der Waals surface area contributed by atoms with Gasteiger partial charge in [-0.15, -0.1) is 0 Å². The van der Waals surface area contributed by atoms with Gasteiger partial charge in [0, 0.05) is 29.9 Å². The number of amides is 2. The van der Waals surface area contributed by atoms with Gasteiger partial charge in [-0.05, 0) is 42.9 Å². The van der Waals surface area contributed by atoms with E-state index < -0.39 is 68.1 Å². The molecule has 1 aliphatic rings. The molecule has 3 rings (SSSR count). The molecule has 0 aromatic heterocycles. The van der Waals surface area contributed by atoms with Crippen molar-refractivity contribution in [2.75, 3.05) is 19.0 Å². The molecular weight excluding hydrogens is 577 g/mol. The van der Waals surface area contributed by atoms with Crippen LogP contribution in [-0.4, -0.2) is 61.2 Å². The van der Waals surface area contributed by atoms with Gasteiger partial charge < -0.3 is 25.6 Å². The summed E-state index contributed by atoms with van der Waals surface area (Å²) in [6, 6.07) is 4.60. The Hall–Kier alpha value is -2.87. The highest BCUT2D eigenvalue weighted by Gasteiger charge is 2.53. The molecule has 14 heteroatoms. The van der Waals surface area contributed by atoms with E-state index >= 15 is 0 Å². The number of nitrogens with one attached hydrogen (secondary N) is 2. The maximum atomic E-state index is 13.7. The molecule has 40 heavy (non-hydrogen) atoms. The van der Waals surface area contributed by atoms with E-state index in [4.69, 9.17) is 11.6 Å². The number of methoxy groups -OCH3 is 1. The quantitative estimate of drug-likeness (QED) is 0.332. The first-order valence-electron chi connectivity index (χ1n) is 12.4. The number of anilines is 1. The van der Waals surface area contributed by atoms with Crippen molar-refractivity contribution < 1.29 is 46.1 Å². The van der Waals surface area contributed by atoms with Crippen molar-refractivity contribution in [2.24, 2.45) is 11.8 Å². The highest BCUT2D eigenvalue weighted by molar-refractivity contribution is 7.92. The Labute approximate surface area is 234 Å². The van der Waals surface area contributed by atoms with Crippen molar-refractivity contribution in [3.63, 3.8) is 0 Å². The first-order chi connectivity index (χ1) is 18.7. The number of halogens is 4. The zero-order valence-corrected chi connectivity index (χ0v) is 23.5. The summed E-state index contributed by atoms with van der Waals surface area (Å²) in [7, 11) is -3.04. The van der Waals surface area contributed by atoms with E-state index in [0.29, 0.717) is 18.6 Å². The van der Waals surface area contributed by atoms with E-state index in [2.05, 4.69) is 15.4 Å².